The predicted molar refractivity (Wildman–Crippen MR) is 99.8 cm³/mol. The standard InChI is InChI=1S/C22H29F2NO/c1-2-3-4-5-6-13-26-19-11-9-17(10-12-19)7-8-18-14-21(23)20(16-25)22(24)15-18/h3-4,14-15,17,19H,2,5-13H2,1H3/b4-3+. The van der Waals surface area contributed by atoms with Crippen LogP contribution in [-0.2, 0) is 11.2 Å². The van der Waals surface area contributed by atoms with Gasteiger partial charge in [0.1, 0.15) is 23.3 Å². The fraction of sp³-hybridized carbons (Fsp3) is 0.591. The summed E-state index contributed by atoms with van der Waals surface area (Å²) >= 11 is 0. The molecular weight excluding hydrogens is 332 g/mol. The number of hydrogen-bond acceptors (Lipinski definition) is 2. The van der Waals surface area contributed by atoms with Gasteiger partial charge in [0, 0.05) is 6.61 Å². The number of nitriles is 1. The highest BCUT2D eigenvalue weighted by Crippen LogP contribution is 2.30. The first-order valence-electron chi connectivity index (χ1n) is 9.78. The van der Waals surface area contributed by atoms with E-state index in [4.69, 9.17) is 10.00 Å². The first kappa shape index (κ1) is 20.6. The van der Waals surface area contributed by atoms with E-state index in [1.807, 2.05) is 0 Å². The minimum absolute atomic E-state index is 0.367. The molecule has 2 rings (SSSR count). The van der Waals surface area contributed by atoms with E-state index in [1.165, 1.54) is 12.1 Å². The van der Waals surface area contributed by atoms with Crippen LogP contribution < -0.4 is 0 Å². The molecule has 1 fully saturated rings. The SMILES string of the molecule is CC/C=C/CCCOC1CCC(CCc2cc(F)c(C#N)c(F)c2)CC1. The number of rotatable bonds is 9. The van der Waals surface area contributed by atoms with Gasteiger partial charge in [-0.15, -0.1) is 0 Å². The second kappa shape index (κ2) is 11.1. The van der Waals surface area contributed by atoms with Crippen LogP contribution in [0.5, 0.6) is 0 Å². The molecule has 1 aliphatic rings. The van der Waals surface area contributed by atoms with Crippen molar-refractivity contribution < 1.29 is 13.5 Å². The summed E-state index contributed by atoms with van der Waals surface area (Å²) < 4.78 is 33.3. The second-order valence-electron chi connectivity index (χ2n) is 7.12. The molecule has 0 bridgehead atoms. The predicted octanol–water partition coefficient (Wildman–Crippen LogP) is 6.09. The fourth-order valence-corrected chi connectivity index (χ4v) is 3.57. The lowest BCUT2D eigenvalue weighted by Gasteiger charge is -2.28. The Labute approximate surface area is 155 Å². The number of aryl methyl sites for hydroxylation is 1. The number of nitrogens with zero attached hydrogens (tertiary/aromatic N) is 1. The molecule has 2 nitrogen and oxygen atoms in total. The summed E-state index contributed by atoms with van der Waals surface area (Å²) in [5, 5.41) is 8.72. The molecule has 0 atom stereocenters. The highest BCUT2D eigenvalue weighted by molar-refractivity contribution is 5.35. The second-order valence-corrected chi connectivity index (χ2v) is 7.12. The maximum absolute atomic E-state index is 13.7. The van der Waals surface area contributed by atoms with Crippen molar-refractivity contribution in [3.8, 4) is 6.07 Å². The van der Waals surface area contributed by atoms with E-state index in [0.29, 0.717) is 24.0 Å². The van der Waals surface area contributed by atoms with E-state index in [0.717, 1.165) is 58.0 Å². The molecule has 0 heterocycles. The van der Waals surface area contributed by atoms with Crippen molar-refractivity contribution in [1.29, 1.82) is 5.26 Å². The van der Waals surface area contributed by atoms with Crippen LogP contribution in [0.25, 0.3) is 0 Å². The van der Waals surface area contributed by atoms with Gasteiger partial charge in [0.05, 0.1) is 6.10 Å². The number of allylic oxidation sites excluding steroid dienone is 2. The average Bonchev–Trinajstić information content (AvgIpc) is 2.63. The Morgan fingerprint density at radius 2 is 1.85 bits per heavy atom. The molecule has 4 heteroatoms. The lowest BCUT2D eigenvalue weighted by Crippen LogP contribution is -2.22. The van der Waals surface area contributed by atoms with Crippen molar-refractivity contribution in [3.63, 3.8) is 0 Å². The molecular formula is C22H29F2NO. The molecule has 1 saturated carbocycles. The Morgan fingerprint density at radius 3 is 2.46 bits per heavy atom. The molecule has 0 radical (unpaired) electrons. The van der Waals surface area contributed by atoms with Crippen molar-refractivity contribution >= 4 is 0 Å². The van der Waals surface area contributed by atoms with Crippen LogP contribution >= 0.6 is 0 Å². The van der Waals surface area contributed by atoms with Gasteiger partial charge in [-0.25, -0.2) is 8.78 Å². The zero-order valence-corrected chi connectivity index (χ0v) is 15.6. The average molecular weight is 361 g/mol. The van der Waals surface area contributed by atoms with Crippen LogP contribution in [-0.4, -0.2) is 12.7 Å². The lowest BCUT2D eigenvalue weighted by atomic mass is 9.83. The van der Waals surface area contributed by atoms with Crippen molar-refractivity contribution in [2.75, 3.05) is 6.61 Å². The Bertz CT molecular complexity index is 605. The third kappa shape index (κ3) is 6.53. The topological polar surface area (TPSA) is 33.0 Å². The molecule has 1 aliphatic carbocycles. The van der Waals surface area contributed by atoms with Crippen LogP contribution in [0.15, 0.2) is 24.3 Å². The summed E-state index contributed by atoms with van der Waals surface area (Å²) in [5.41, 5.74) is 0.147. The van der Waals surface area contributed by atoms with Gasteiger partial charge in [-0.3, -0.25) is 0 Å². The Morgan fingerprint density at radius 1 is 1.15 bits per heavy atom. The van der Waals surface area contributed by atoms with E-state index in [-0.39, 0.29) is 0 Å². The first-order chi connectivity index (χ1) is 12.6. The van der Waals surface area contributed by atoms with E-state index in [1.54, 1.807) is 6.07 Å². The Balaban J connectivity index is 1.66. The normalized spacial score (nSPS) is 20.4. The number of benzene rings is 1. The van der Waals surface area contributed by atoms with Gasteiger partial charge in [0.2, 0.25) is 0 Å². The highest BCUT2D eigenvalue weighted by Gasteiger charge is 2.21. The molecule has 1 aromatic rings. The fourth-order valence-electron chi connectivity index (χ4n) is 3.57. The van der Waals surface area contributed by atoms with Crippen molar-refractivity contribution in [3.05, 3.63) is 47.0 Å². The molecule has 1 aromatic carbocycles. The van der Waals surface area contributed by atoms with Gasteiger partial charge in [-0.1, -0.05) is 19.1 Å². The van der Waals surface area contributed by atoms with E-state index in [2.05, 4.69) is 19.1 Å². The summed E-state index contributed by atoms with van der Waals surface area (Å²) in [6.07, 6.45) is 14.0. The molecule has 0 N–H and O–H groups in total. The number of halogens is 2. The van der Waals surface area contributed by atoms with Crippen LogP contribution in [0.1, 0.15) is 69.4 Å². The van der Waals surface area contributed by atoms with Gasteiger partial charge < -0.3 is 4.74 Å². The quantitative estimate of drug-likeness (QED) is 0.394. The Kier molecular flexibility index (Phi) is 8.77. The molecule has 0 spiro atoms. The van der Waals surface area contributed by atoms with Gasteiger partial charge in [-0.05, 0) is 81.4 Å². The van der Waals surface area contributed by atoms with Gasteiger partial charge in [-0.2, -0.15) is 5.26 Å². The van der Waals surface area contributed by atoms with Crippen LogP contribution in [0.4, 0.5) is 8.78 Å². The van der Waals surface area contributed by atoms with Crippen molar-refractivity contribution in [2.45, 2.75) is 70.8 Å². The number of unbranched alkanes of at least 4 members (excludes halogenated alkanes) is 1. The minimum atomic E-state index is -0.756. The van der Waals surface area contributed by atoms with E-state index in [9.17, 15) is 8.78 Å². The van der Waals surface area contributed by atoms with Gasteiger partial charge >= 0.3 is 0 Å². The maximum Gasteiger partial charge on any atom is 0.144 e. The zero-order valence-electron chi connectivity index (χ0n) is 15.6. The molecule has 0 unspecified atom stereocenters. The molecule has 0 amide bonds. The number of ether oxygens (including phenoxy) is 1. The lowest BCUT2D eigenvalue weighted by molar-refractivity contribution is 0.0164. The van der Waals surface area contributed by atoms with Crippen molar-refractivity contribution in [1.82, 2.24) is 0 Å². The molecule has 142 valence electrons. The summed E-state index contributed by atoms with van der Waals surface area (Å²) in [6.45, 7) is 2.97. The molecule has 0 saturated heterocycles. The summed E-state index contributed by atoms with van der Waals surface area (Å²) in [5.74, 6) is -0.925. The monoisotopic (exact) mass is 361 g/mol. The van der Waals surface area contributed by atoms with Crippen LogP contribution in [0, 0.1) is 28.9 Å². The molecule has 26 heavy (non-hydrogen) atoms. The Hall–Kier alpha value is -1.73. The van der Waals surface area contributed by atoms with E-state index >= 15 is 0 Å². The smallest absolute Gasteiger partial charge is 0.144 e. The number of hydrogen-bond donors (Lipinski definition) is 0. The third-order valence-electron chi connectivity index (χ3n) is 5.12. The first-order valence-corrected chi connectivity index (χ1v) is 9.78. The van der Waals surface area contributed by atoms with Gasteiger partial charge in [0.25, 0.3) is 0 Å². The summed E-state index contributed by atoms with van der Waals surface area (Å²) in [6, 6.07) is 4.15. The molecule has 0 aromatic heterocycles. The van der Waals surface area contributed by atoms with E-state index < -0.39 is 17.2 Å². The summed E-state index contributed by atoms with van der Waals surface area (Å²) in [4.78, 5) is 0. The maximum atomic E-state index is 13.7. The van der Waals surface area contributed by atoms with Crippen LogP contribution in [0.3, 0.4) is 0 Å². The summed E-state index contributed by atoms with van der Waals surface area (Å²) in [7, 11) is 0. The van der Waals surface area contributed by atoms with Gasteiger partial charge in [0.15, 0.2) is 0 Å². The van der Waals surface area contributed by atoms with Crippen LogP contribution in [0.2, 0.25) is 0 Å². The third-order valence-corrected chi connectivity index (χ3v) is 5.12. The zero-order chi connectivity index (χ0) is 18.8. The highest BCUT2D eigenvalue weighted by atomic mass is 19.1. The molecule has 0 aliphatic heterocycles. The van der Waals surface area contributed by atoms with Crippen molar-refractivity contribution in [2.24, 2.45) is 5.92 Å². The minimum Gasteiger partial charge on any atom is -0.378 e. The largest absolute Gasteiger partial charge is 0.378 e.